The van der Waals surface area contributed by atoms with E-state index in [1.165, 1.54) is 32.3 Å². The van der Waals surface area contributed by atoms with E-state index in [4.69, 9.17) is 0 Å². The topological polar surface area (TPSA) is 12.0 Å². The predicted octanol–water partition coefficient (Wildman–Crippen LogP) is 1.30. The Kier molecular flexibility index (Phi) is 3.12. The Morgan fingerprint density at radius 2 is 2.56 bits per heavy atom. The van der Waals surface area contributed by atoms with Gasteiger partial charge in [-0.25, -0.2) is 0 Å². The Labute approximate surface area is 58.5 Å². The molecule has 0 spiro atoms. The van der Waals surface area contributed by atoms with Crippen LogP contribution in [0, 0.1) is 0 Å². The summed E-state index contributed by atoms with van der Waals surface area (Å²) in [5.41, 5.74) is 0. The molecule has 0 aromatic carbocycles. The van der Waals surface area contributed by atoms with Gasteiger partial charge >= 0.3 is 0 Å². The maximum Gasteiger partial charge on any atom is 0.114 e. The normalized spacial score (nSPS) is 27.9. The zero-order valence-corrected chi connectivity index (χ0v) is 6.19. The van der Waals surface area contributed by atoms with Gasteiger partial charge in [-0.1, -0.05) is 25.5 Å². The first-order valence-electron chi connectivity index (χ1n) is 3.97. The molecule has 2 heteroatoms. The fourth-order valence-corrected chi connectivity index (χ4v) is 1.41. The molecule has 0 aromatic rings. The quantitative estimate of drug-likeness (QED) is 0.547. The van der Waals surface area contributed by atoms with Crippen LogP contribution in [-0.4, -0.2) is 20.4 Å². The van der Waals surface area contributed by atoms with Crippen molar-refractivity contribution < 1.29 is 0 Å². The summed E-state index contributed by atoms with van der Waals surface area (Å²) in [5.74, 6) is 0.865. The van der Waals surface area contributed by atoms with Gasteiger partial charge in [-0.3, -0.25) is 0 Å². The van der Waals surface area contributed by atoms with E-state index in [2.05, 4.69) is 19.5 Å². The van der Waals surface area contributed by atoms with Gasteiger partial charge in [0.05, 0.1) is 0 Å². The molecule has 0 aromatic heterocycles. The molecule has 51 valence electrons. The van der Waals surface area contributed by atoms with E-state index in [0.717, 1.165) is 5.82 Å². The standard InChI is InChI=1S/C7H15BN/c1-2-8-7-4-3-5-9-6-7/h7,9H,2-6H2,1H3. The largest absolute Gasteiger partial charge is 0.317 e. The molecule has 1 aliphatic rings. The Morgan fingerprint density at radius 3 is 3.11 bits per heavy atom. The molecule has 0 saturated carbocycles. The summed E-state index contributed by atoms with van der Waals surface area (Å²) < 4.78 is 0. The lowest BCUT2D eigenvalue weighted by Gasteiger charge is -2.21. The zero-order chi connectivity index (χ0) is 6.53. The molecule has 1 fully saturated rings. The van der Waals surface area contributed by atoms with Crippen molar-refractivity contribution in [2.24, 2.45) is 0 Å². The van der Waals surface area contributed by atoms with Crippen LogP contribution in [0.2, 0.25) is 12.1 Å². The van der Waals surface area contributed by atoms with Crippen molar-refractivity contribution in [3.05, 3.63) is 0 Å². The lowest BCUT2D eigenvalue weighted by molar-refractivity contribution is 0.516. The molecule has 0 aliphatic carbocycles. The molecular weight excluding hydrogens is 109 g/mol. The molecular formula is C7H15BN. The number of piperidine rings is 1. The number of hydrogen-bond acceptors (Lipinski definition) is 1. The molecule has 1 N–H and O–H groups in total. The summed E-state index contributed by atoms with van der Waals surface area (Å²) in [7, 11) is 2.42. The first-order valence-corrected chi connectivity index (χ1v) is 3.97. The van der Waals surface area contributed by atoms with Crippen LogP contribution in [-0.2, 0) is 0 Å². The summed E-state index contributed by atoms with van der Waals surface area (Å²) in [5, 5.41) is 3.39. The van der Waals surface area contributed by atoms with Crippen molar-refractivity contribution in [3.63, 3.8) is 0 Å². The lowest BCUT2D eigenvalue weighted by Crippen LogP contribution is -2.28. The molecule has 1 atom stereocenters. The van der Waals surface area contributed by atoms with Gasteiger partial charge in [0.1, 0.15) is 7.28 Å². The van der Waals surface area contributed by atoms with Crippen molar-refractivity contribution in [1.29, 1.82) is 0 Å². The van der Waals surface area contributed by atoms with Crippen LogP contribution in [0.5, 0.6) is 0 Å². The van der Waals surface area contributed by atoms with Gasteiger partial charge in [-0.2, -0.15) is 0 Å². The minimum atomic E-state index is 0.865. The second-order valence-electron chi connectivity index (χ2n) is 2.75. The number of hydrogen-bond donors (Lipinski definition) is 1. The average molecular weight is 124 g/mol. The Bertz CT molecular complexity index is 66.6. The van der Waals surface area contributed by atoms with E-state index < -0.39 is 0 Å². The molecule has 9 heavy (non-hydrogen) atoms. The number of rotatable bonds is 2. The molecule has 1 heterocycles. The first-order chi connectivity index (χ1) is 4.43. The highest BCUT2D eigenvalue weighted by atomic mass is 14.9. The summed E-state index contributed by atoms with van der Waals surface area (Å²) in [6.07, 6.45) is 3.99. The SMILES string of the molecule is CC[B]C1CCCNC1. The minimum absolute atomic E-state index is 0.865. The van der Waals surface area contributed by atoms with Gasteiger partial charge in [-0.15, -0.1) is 0 Å². The van der Waals surface area contributed by atoms with Gasteiger partial charge in [0, 0.05) is 0 Å². The fourth-order valence-electron chi connectivity index (χ4n) is 1.41. The molecule has 1 radical (unpaired) electrons. The van der Waals surface area contributed by atoms with Crippen LogP contribution in [0.25, 0.3) is 0 Å². The number of nitrogens with one attached hydrogen (secondary N) is 1. The van der Waals surface area contributed by atoms with Gasteiger partial charge in [0.2, 0.25) is 0 Å². The van der Waals surface area contributed by atoms with E-state index in [0.29, 0.717) is 0 Å². The van der Waals surface area contributed by atoms with Crippen molar-refractivity contribution in [1.82, 2.24) is 5.32 Å². The lowest BCUT2D eigenvalue weighted by atomic mass is 9.60. The summed E-state index contributed by atoms with van der Waals surface area (Å²) >= 11 is 0. The van der Waals surface area contributed by atoms with Crippen molar-refractivity contribution in [2.75, 3.05) is 13.1 Å². The van der Waals surface area contributed by atoms with E-state index >= 15 is 0 Å². The molecule has 0 amide bonds. The summed E-state index contributed by atoms with van der Waals surface area (Å²) in [6.45, 7) is 4.66. The minimum Gasteiger partial charge on any atom is -0.317 e. The zero-order valence-electron chi connectivity index (χ0n) is 6.19. The van der Waals surface area contributed by atoms with Crippen LogP contribution in [0.15, 0.2) is 0 Å². The van der Waals surface area contributed by atoms with Crippen molar-refractivity contribution in [2.45, 2.75) is 31.9 Å². The van der Waals surface area contributed by atoms with Gasteiger partial charge in [0.25, 0.3) is 0 Å². The molecule has 1 aliphatic heterocycles. The predicted molar refractivity (Wildman–Crippen MR) is 42.1 cm³/mol. The Hall–Kier alpha value is 0.0249. The summed E-state index contributed by atoms with van der Waals surface area (Å²) in [6, 6.07) is 0. The van der Waals surface area contributed by atoms with Crippen LogP contribution >= 0.6 is 0 Å². The second-order valence-corrected chi connectivity index (χ2v) is 2.75. The molecule has 0 bridgehead atoms. The third kappa shape index (κ3) is 2.40. The van der Waals surface area contributed by atoms with Crippen LogP contribution in [0.3, 0.4) is 0 Å². The highest BCUT2D eigenvalue weighted by molar-refractivity contribution is 6.37. The maximum absolute atomic E-state index is 3.39. The van der Waals surface area contributed by atoms with Gasteiger partial charge < -0.3 is 5.32 Å². The highest BCUT2D eigenvalue weighted by Crippen LogP contribution is 2.15. The smallest absolute Gasteiger partial charge is 0.114 e. The van der Waals surface area contributed by atoms with E-state index in [-0.39, 0.29) is 0 Å². The first kappa shape index (κ1) is 7.14. The maximum atomic E-state index is 3.39. The summed E-state index contributed by atoms with van der Waals surface area (Å²) in [4.78, 5) is 0. The average Bonchev–Trinajstić information content (AvgIpc) is 1.91. The Balaban J connectivity index is 2.08. The van der Waals surface area contributed by atoms with E-state index in [9.17, 15) is 0 Å². The van der Waals surface area contributed by atoms with Crippen LogP contribution < -0.4 is 5.32 Å². The van der Waals surface area contributed by atoms with Crippen molar-refractivity contribution >= 4 is 7.28 Å². The molecule has 1 saturated heterocycles. The third-order valence-corrected chi connectivity index (χ3v) is 1.90. The van der Waals surface area contributed by atoms with Crippen molar-refractivity contribution in [3.8, 4) is 0 Å². The second kappa shape index (κ2) is 3.94. The van der Waals surface area contributed by atoms with E-state index in [1.54, 1.807) is 0 Å². The fraction of sp³-hybridized carbons (Fsp3) is 1.00. The third-order valence-electron chi connectivity index (χ3n) is 1.90. The van der Waals surface area contributed by atoms with Gasteiger partial charge in [0.15, 0.2) is 0 Å². The highest BCUT2D eigenvalue weighted by Gasteiger charge is 2.11. The van der Waals surface area contributed by atoms with Crippen LogP contribution in [0.4, 0.5) is 0 Å². The Morgan fingerprint density at radius 1 is 1.67 bits per heavy atom. The molecule has 1 rings (SSSR count). The van der Waals surface area contributed by atoms with E-state index in [1.807, 2.05) is 0 Å². The van der Waals surface area contributed by atoms with Gasteiger partial charge in [-0.05, 0) is 19.5 Å². The monoisotopic (exact) mass is 124 g/mol. The molecule has 1 unspecified atom stereocenters. The van der Waals surface area contributed by atoms with Crippen LogP contribution in [0.1, 0.15) is 19.8 Å². The molecule has 1 nitrogen and oxygen atoms in total.